The second kappa shape index (κ2) is 14.1. The number of nitrogens with one attached hydrogen (secondary N) is 1. The van der Waals surface area contributed by atoms with Gasteiger partial charge in [-0.25, -0.2) is 8.42 Å². The van der Waals surface area contributed by atoms with Crippen LogP contribution in [0.3, 0.4) is 0 Å². The highest BCUT2D eigenvalue weighted by Crippen LogP contribution is 2.27. The predicted molar refractivity (Wildman–Crippen MR) is 156 cm³/mol. The third-order valence-corrected chi connectivity index (χ3v) is 8.55. The minimum Gasteiger partial charge on any atom is -0.494 e. The van der Waals surface area contributed by atoms with Crippen molar-refractivity contribution in [3.63, 3.8) is 0 Å². The van der Waals surface area contributed by atoms with Gasteiger partial charge in [0, 0.05) is 18.1 Å². The van der Waals surface area contributed by atoms with E-state index in [9.17, 15) is 18.0 Å². The molecule has 0 heterocycles. The molecule has 3 aromatic rings. The van der Waals surface area contributed by atoms with Crippen LogP contribution < -0.4 is 14.4 Å². The number of nitrogens with zero attached hydrogens (tertiary/aromatic N) is 2. The van der Waals surface area contributed by atoms with Gasteiger partial charge in [-0.2, -0.15) is 0 Å². The number of hydrogen-bond acceptors (Lipinski definition) is 5. The molecule has 3 rings (SSSR count). The van der Waals surface area contributed by atoms with Crippen molar-refractivity contribution in [2.75, 3.05) is 31.0 Å². The van der Waals surface area contributed by atoms with Gasteiger partial charge in [0.05, 0.1) is 17.2 Å². The van der Waals surface area contributed by atoms with E-state index in [0.717, 1.165) is 14.3 Å². The Bertz CT molecular complexity index is 1330. The fourth-order valence-corrected chi connectivity index (χ4v) is 5.88. The summed E-state index contributed by atoms with van der Waals surface area (Å²) in [5.41, 5.74) is 1.32. The number of likely N-dealkylation sites (N-methyl/N-ethyl adjacent to an activating group) is 1. The molecular weight excluding hydrogens is 582 g/mol. The average molecular weight is 617 g/mol. The maximum atomic E-state index is 13.9. The van der Waals surface area contributed by atoms with Gasteiger partial charge in [-0.05, 0) is 73.9 Å². The maximum absolute atomic E-state index is 13.9. The van der Waals surface area contributed by atoms with E-state index in [4.69, 9.17) is 4.74 Å². The molecule has 0 saturated heterocycles. The van der Waals surface area contributed by atoms with Gasteiger partial charge in [-0.1, -0.05) is 53.2 Å². The number of sulfonamides is 1. The second-order valence-electron chi connectivity index (χ2n) is 8.75. The molecule has 0 saturated carbocycles. The molecule has 0 aliphatic rings. The molecule has 0 aliphatic heterocycles. The summed E-state index contributed by atoms with van der Waals surface area (Å²) in [7, 11) is -2.60. The lowest BCUT2D eigenvalue weighted by atomic mass is 10.1. The van der Waals surface area contributed by atoms with Gasteiger partial charge < -0.3 is 15.0 Å². The molecule has 3 aromatic carbocycles. The third-order valence-electron chi connectivity index (χ3n) is 6.23. The molecule has 39 heavy (non-hydrogen) atoms. The Kier molecular flexibility index (Phi) is 10.9. The van der Waals surface area contributed by atoms with E-state index < -0.39 is 28.5 Å². The molecule has 1 N–H and O–H groups in total. The Morgan fingerprint density at radius 1 is 0.949 bits per heavy atom. The van der Waals surface area contributed by atoms with Crippen molar-refractivity contribution in [1.29, 1.82) is 0 Å². The van der Waals surface area contributed by atoms with E-state index in [1.54, 1.807) is 36.4 Å². The molecule has 0 fully saturated rings. The highest BCUT2D eigenvalue weighted by molar-refractivity contribution is 9.10. The van der Waals surface area contributed by atoms with Crippen LogP contribution in [0.1, 0.15) is 25.8 Å². The summed E-state index contributed by atoms with van der Waals surface area (Å²) < 4.78 is 35.0. The van der Waals surface area contributed by atoms with Crippen molar-refractivity contribution in [2.45, 2.75) is 37.6 Å². The predicted octanol–water partition coefficient (Wildman–Crippen LogP) is 4.64. The first-order valence-electron chi connectivity index (χ1n) is 12.8. The Labute approximate surface area is 239 Å². The van der Waals surface area contributed by atoms with Gasteiger partial charge in [0.25, 0.3) is 10.0 Å². The standard InChI is InChI=1S/C29H34BrN3O5S/c1-4-27(29(35)31-3)32(20-19-22-9-7-6-8-10-22)28(34)21-33(24-13-15-25(16-14-24)38-5-2)39(36,37)26-17-11-23(30)12-18-26/h6-18,27H,4-5,19-21H2,1-3H3,(H,31,35)/t27-/m0/s1. The molecule has 10 heteroatoms. The first-order chi connectivity index (χ1) is 18.7. The quantitative estimate of drug-likeness (QED) is 0.302. The molecular formula is C29H34BrN3O5S. The number of amides is 2. The van der Waals surface area contributed by atoms with Gasteiger partial charge in [0.2, 0.25) is 11.8 Å². The summed E-state index contributed by atoms with van der Waals surface area (Å²) in [6.07, 6.45) is 0.894. The Morgan fingerprint density at radius 2 is 1.59 bits per heavy atom. The number of halogens is 1. The van der Waals surface area contributed by atoms with Gasteiger partial charge in [-0.15, -0.1) is 0 Å². The van der Waals surface area contributed by atoms with Crippen LogP contribution in [0.15, 0.2) is 88.2 Å². The fourth-order valence-electron chi connectivity index (χ4n) is 4.20. The number of rotatable bonds is 13. The minimum atomic E-state index is -4.13. The van der Waals surface area contributed by atoms with E-state index >= 15 is 0 Å². The zero-order valence-electron chi connectivity index (χ0n) is 22.3. The molecule has 0 radical (unpaired) electrons. The first kappa shape index (κ1) is 30.2. The molecule has 208 valence electrons. The van der Waals surface area contributed by atoms with Crippen LogP contribution in [0.5, 0.6) is 5.75 Å². The van der Waals surface area contributed by atoms with Crippen LogP contribution in [0.25, 0.3) is 0 Å². The Hall–Kier alpha value is -3.37. The fraction of sp³-hybridized carbons (Fsp3) is 0.310. The van der Waals surface area contributed by atoms with Crippen molar-refractivity contribution in [2.24, 2.45) is 0 Å². The second-order valence-corrected chi connectivity index (χ2v) is 11.5. The maximum Gasteiger partial charge on any atom is 0.264 e. The first-order valence-corrected chi connectivity index (χ1v) is 15.0. The molecule has 0 aromatic heterocycles. The lowest BCUT2D eigenvalue weighted by Gasteiger charge is -2.33. The van der Waals surface area contributed by atoms with Crippen molar-refractivity contribution in [3.8, 4) is 5.75 Å². The summed E-state index contributed by atoms with van der Waals surface area (Å²) in [4.78, 5) is 28.1. The molecule has 0 aliphatic carbocycles. The van der Waals surface area contributed by atoms with E-state index in [0.29, 0.717) is 30.9 Å². The molecule has 2 amide bonds. The Morgan fingerprint density at radius 3 is 2.15 bits per heavy atom. The van der Waals surface area contributed by atoms with Gasteiger partial charge >= 0.3 is 0 Å². The van der Waals surface area contributed by atoms with Crippen molar-refractivity contribution >= 4 is 43.5 Å². The van der Waals surface area contributed by atoms with Crippen LogP contribution >= 0.6 is 15.9 Å². The number of hydrogen-bond donors (Lipinski definition) is 1. The number of benzene rings is 3. The molecule has 1 atom stereocenters. The number of ether oxygens (including phenoxy) is 1. The molecule has 0 spiro atoms. The van der Waals surface area contributed by atoms with Crippen molar-refractivity contribution in [3.05, 3.63) is 88.9 Å². The van der Waals surface area contributed by atoms with E-state index in [1.165, 1.54) is 24.1 Å². The van der Waals surface area contributed by atoms with Crippen LogP contribution in [-0.2, 0) is 26.0 Å². The normalized spacial score (nSPS) is 11.9. The number of carbonyl (C=O) groups excluding carboxylic acids is 2. The van der Waals surface area contributed by atoms with Crippen LogP contribution in [0.2, 0.25) is 0 Å². The SMILES string of the molecule is CCOc1ccc(N(CC(=O)N(CCc2ccccc2)[C@@H](CC)C(=O)NC)S(=O)(=O)c2ccc(Br)cc2)cc1. The summed E-state index contributed by atoms with van der Waals surface area (Å²) in [6.45, 7) is 3.93. The lowest BCUT2D eigenvalue weighted by Crippen LogP contribution is -2.52. The molecule has 0 unspecified atom stereocenters. The monoisotopic (exact) mass is 615 g/mol. The van der Waals surface area contributed by atoms with Gasteiger partial charge in [-0.3, -0.25) is 13.9 Å². The average Bonchev–Trinajstić information content (AvgIpc) is 2.95. The smallest absolute Gasteiger partial charge is 0.264 e. The number of carbonyl (C=O) groups is 2. The summed E-state index contributed by atoms with van der Waals surface area (Å²) >= 11 is 3.34. The van der Waals surface area contributed by atoms with Crippen LogP contribution in [0.4, 0.5) is 5.69 Å². The van der Waals surface area contributed by atoms with Crippen LogP contribution in [-0.4, -0.2) is 57.9 Å². The summed E-state index contributed by atoms with van der Waals surface area (Å²) in [5, 5.41) is 2.63. The molecule has 8 nitrogen and oxygen atoms in total. The Balaban J connectivity index is 2.00. The summed E-state index contributed by atoms with van der Waals surface area (Å²) in [5.74, 6) is -0.193. The van der Waals surface area contributed by atoms with Crippen molar-refractivity contribution < 1.29 is 22.7 Å². The zero-order valence-corrected chi connectivity index (χ0v) is 24.7. The van der Waals surface area contributed by atoms with E-state index in [2.05, 4.69) is 21.2 Å². The van der Waals surface area contributed by atoms with Gasteiger partial charge in [0.15, 0.2) is 0 Å². The third kappa shape index (κ3) is 7.83. The number of anilines is 1. The van der Waals surface area contributed by atoms with Gasteiger partial charge in [0.1, 0.15) is 18.3 Å². The zero-order chi connectivity index (χ0) is 28.4. The van der Waals surface area contributed by atoms with Crippen LogP contribution in [0, 0.1) is 0 Å². The largest absolute Gasteiger partial charge is 0.494 e. The van der Waals surface area contributed by atoms with Crippen molar-refractivity contribution in [1.82, 2.24) is 10.2 Å². The van der Waals surface area contributed by atoms with E-state index in [1.807, 2.05) is 44.2 Å². The highest BCUT2D eigenvalue weighted by Gasteiger charge is 2.33. The highest BCUT2D eigenvalue weighted by atomic mass is 79.9. The summed E-state index contributed by atoms with van der Waals surface area (Å²) in [6, 6.07) is 21.7. The lowest BCUT2D eigenvalue weighted by molar-refractivity contribution is -0.139. The minimum absolute atomic E-state index is 0.0431. The van der Waals surface area contributed by atoms with E-state index in [-0.39, 0.29) is 17.3 Å². The topological polar surface area (TPSA) is 96.0 Å². The molecule has 0 bridgehead atoms.